The molecule has 0 rings (SSSR count). The quantitative estimate of drug-likeness (QED) is 0.559. The van der Waals surface area contributed by atoms with Gasteiger partial charge in [0.2, 0.25) is 0 Å². The van der Waals surface area contributed by atoms with Gasteiger partial charge >= 0.3 is 5.97 Å². The number of methoxy groups -OCH3 is 1. The molecule has 0 bridgehead atoms. The molecule has 0 aliphatic rings. The fourth-order valence-electron chi connectivity index (χ4n) is 1.15. The Morgan fingerprint density at radius 2 is 2.31 bits per heavy atom. The highest BCUT2D eigenvalue weighted by Crippen LogP contribution is 1.97. The predicted molar refractivity (Wildman–Crippen MR) is 49.6 cm³/mol. The molecule has 1 unspecified atom stereocenters. The number of carboxylic acid groups (broad SMARTS) is 1. The van der Waals surface area contributed by atoms with E-state index in [4.69, 9.17) is 15.6 Å². The lowest BCUT2D eigenvalue weighted by atomic mass is 10.2. The van der Waals surface area contributed by atoms with Gasteiger partial charge in [-0.15, -0.1) is 0 Å². The Balaban J connectivity index is 4.08. The summed E-state index contributed by atoms with van der Waals surface area (Å²) in [6.07, 6.45) is 0. The Bertz CT molecular complexity index is 152. The van der Waals surface area contributed by atoms with Crippen LogP contribution in [-0.4, -0.2) is 55.4 Å². The third-order valence-corrected chi connectivity index (χ3v) is 1.94. The van der Waals surface area contributed by atoms with Crippen LogP contribution in [0.4, 0.5) is 0 Å². The highest BCUT2D eigenvalue weighted by molar-refractivity contribution is 5.73. The van der Waals surface area contributed by atoms with Crippen LogP contribution in [0.2, 0.25) is 0 Å². The first-order valence-electron chi connectivity index (χ1n) is 4.33. The molecule has 0 aromatic carbocycles. The second-order valence-corrected chi connectivity index (χ2v) is 2.71. The molecule has 0 saturated carbocycles. The molecule has 0 spiro atoms. The first-order chi connectivity index (χ1) is 6.17. The first-order valence-corrected chi connectivity index (χ1v) is 4.33. The number of carboxylic acids is 1. The minimum Gasteiger partial charge on any atom is -0.480 e. The maximum Gasteiger partial charge on any atom is 0.322 e. The number of carbonyl (C=O) groups is 1. The highest BCUT2D eigenvalue weighted by atomic mass is 16.5. The number of likely N-dealkylation sites (N-methyl/N-ethyl adjacent to an activating group) is 1. The van der Waals surface area contributed by atoms with Gasteiger partial charge in [0.1, 0.15) is 6.04 Å². The maximum atomic E-state index is 10.7. The van der Waals surface area contributed by atoms with Crippen LogP contribution in [0.15, 0.2) is 0 Å². The average Bonchev–Trinajstić information content (AvgIpc) is 2.11. The standard InChI is InChI=1S/C8H18N2O3/c1-3-10(4-5-13-2)7(6-9)8(11)12/h7H,3-6,9H2,1-2H3,(H,11,12). The van der Waals surface area contributed by atoms with E-state index in [0.29, 0.717) is 19.7 Å². The number of aliphatic carboxylic acids is 1. The molecule has 0 radical (unpaired) electrons. The fourth-order valence-corrected chi connectivity index (χ4v) is 1.15. The molecule has 0 heterocycles. The summed E-state index contributed by atoms with van der Waals surface area (Å²) in [5, 5.41) is 8.81. The van der Waals surface area contributed by atoms with E-state index in [1.165, 1.54) is 0 Å². The molecule has 78 valence electrons. The van der Waals surface area contributed by atoms with Crippen LogP contribution in [-0.2, 0) is 9.53 Å². The van der Waals surface area contributed by atoms with Crippen LogP contribution >= 0.6 is 0 Å². The van der Waals surface area contributed by atoms with E-state index in [1.807, 2.05) is 6.92 Å². The molecule has 5 heteroatoms. The Morgan fingerprint density at radius 3 is 2.62 bits per heavy atom. The maximum absolute atomic E-state index is 10.7. The van der Waals surface area contributed by atoms with Gasteiger partial charge in [0.05, 0.1) is 6.61 Å². The predicted octanol–water partition coefficient (Wildman–Crippen LogP) is -0.633. The van der Waals surface area contributed by atoms with Crippen molar-refractivity contribution in [3.8, 4) is 0 Å². The van der Waals surface area contributed by atoms with E-state index in [1.54, 1.807) is 12.0 Å². The Hall–Kier alpha value is -0.650. The number of rotatable bonds is 7. The Kier molecular flexibility index (Phi) is 6.48. The van der Waals surface area contributed by atoms with E-state index >= 15 is 0 Å². The van der Waals surface area contributed by atoms with Crippen molar-refractivity contribution in [2.45, 2.75) is 13.0 Å². The van der Waals surface area contributed by atoms with Gasteiger partial charge in [-0.3, -0.25) is 9.69 Å². The zero-order valence-corrected chi connectivity index (χ0v) is 8.19. The van der Waals surface area contributed by atoms with Crippen LogP contribution < -0.4 is 5.73 Å². The van der Waals surface area contributed by atoms with Crippen LogP contribution in [0.5, 0.6) is 0 Å². The van der Waals surface area contributed by atoms with Gasteiger partial charge in [0, 0.05) is 20.2 Å². The summed E-state index contributed by atoms with van der Waals surface area (Å²) in [7, 11) is 1.59. The van der Waals surface area contributed by atoms with E-state index in [2.05, 4.69) is 0 Å². The minimum atomic E-state index is -0.875. The average molecular weight is 190 g/mol. The van der Waals surface area contributed by atoms with Crippen molar-refractivity contribution in [2.24, 2.45) is 5.73 Å². The molecule has 0 saturated heterocycles. The van der Waals surface area contributed by atoms with Gasteiger partial charge in [-0.25, -0.2) is 0 Å². The van der Waals surface area contributed by atoms with Crippen molar-refractivity contribution < 1.29 is 14.6 Å². The number of nitrogens with zero attached hydrogens (tertiary/aromatic N) is 1. The van der Waals surface area contributed by atoms with Crippen LogP contribution in [0, 0.1) is 0 Å². The molecule has 0 aromatic heterocycles. The first kappa shape index (κ1) is 12.3. The zero-order valence-electron chi connectivity index (χ0n) is 8.19. The van der Waals surface area contributed by atoms with Crippen LogP contribution in [0.1, 0.15) is 6.92 Å². The second-order valence-electron chi connectivity index (χ2n) is 2.71. The largest absolute Gasteiger partial charge is 0.480 e. The molecule has 0 amide bonds. The second kappa shape index (κ2) is 6.82. The fraction of sp³-hybridized carbons (Fsp3) is 0.875. The van der Waals surface area contributed by atoms with E-state index in [-0.39, 0.29) is 6.54 Å². The Morgan fingerprint density at radius 1 is 1.69 bits per heavy atom. The highest BCUT2D eigenvalue weighted by Gasteiger charge is 2.21. The SMILES string of the molecule is CCN(CCOC)C(CN)C(=O)O. The summed E-state index contributed by atoms with van der Waals surface area (Å²) < 4.78 is 4.87. The lowest BCUT2D eigenvalue weighted by Gasteiger charge is -2.25. The third-order valence-electron chi connectivity index (χ3n) is 1.94. The minimum absolute atomic E-state index is 0.132. The third kappa shape index (κ3) is 4.21. The number of hydrogen-bond donors (Lipinski definition) is 2. The van der Waals surface area contributed by atoms with Crippen molar-refractivity contribution in [3.63, 3.8) is 0 Å². The molecule has 0 aliphatic heterocycles. The van der Waals surface area contributed by atoms with E-state index in [9.17, 15) is 4.79 Å². The molecule has 5 nitrogen and oxygen atoms in total. The normalized spacial score (nSPS) is 13.2. The van der Waals surface area contributed by atoms with Gasteiger partial charge in [-0.05, 0) is 6.54 Å². The van der Waals surface area contributed by atoms with Crippen LogP contribution in [0.25, 0.3) is 0 Å². The summed E-state index contributed by atoms with van der Waals surface area (Å²) in [6.45, 7) is 3.82. The summed E-state index contributed by atoms with van der Waals surface area (Å²) in [5.41, 5.74) is 5.36. The summed E-state index contributed by atoms with van der Waals surface area (Å²) >= 11 is 0. The Labute approximate surface area is 78.5 Å². The van der Waals surface area contributed by atoms with E-state index in [0.717, 1.165) is 0 Å². The van der Waals surface area contributed by atoms with Crippen molar-refractivity contribution in [1.29, 1.82) is 0 Å². The molecule has 3 N–H and O–H groups in total. The van der Waals surface area contributed by atoms with Gasteiger partial charge in [0.15, 0.2) is 0 Å². The molecule has 0 aliphatic carbocycles. The molecule has 1 atom stereocenters. The zero-order chi connectivity index (χ0) is 10.3. The molecule has 13 heavy (non-hydrogen) atoms. The smallest absolute Gasteiger partial charge is 0.322 e. The summed E-state index contributed by atoms with van der Waals surface area (Å²) in [5.74, 6) is -0.875. The molecule has 0 fully saturated rings. The summed E-state index contributed by atoms with van der Waals surface area (Å²) in [6, 6.07) is -0.597. The lowest BCUT2D eigenvalue weighted by Crippen LogP contribution is -2.47. The van der Waals surface area contributed by atoms with Gasteiger partial charge in [0.25, 0.3) is 0 Å². The monoisotopic (exact) mass is 190 g/mol. The van der Waals surface area contributed by atoms with Crippen molar-refractivity contribution in [3.05, 3.63) is 0 Å². The van der Waals surface area contributed by atoms with Crippen molar-refractivity contribution >= 4 is 5.97 Å². The lowest BCUT2D eigenvalue weighted by molar-refractivity contribution is -0.143. The van der Waals surface area contributed by atoms with Gasteiger partial charge in [-0.2, -0.15) is 0 Å². The van der Waals surface area contributed by atoms with Crippen LogP contribution in [0.3, 0.4) is 0 Å². The number of hydrogen-bond acceptors (Lipinski definition) is 4. The molecular formula is C8H18N2O3. The topological polar surface area (TPSA) is 75.8 Å². The number of ether oxygens (including phenoxy) is 1. The van der Waals surface area contributed by atoms with Crippen molar-refractivity contribution in [2.75, 3.05) is 33.4 Å². The molecule has 0 aromatic rings. The van der Waals surface area contributed by atoms with Crippen molar-refractivity contribution in [1.82, 2.24) is 4.90 Å². The van der Waals surface area contributed by atoms with Gasteiger partial charge in [-0.1, -0.05) is 6.92 Å². The number of nitrogens with two attached hydrogens (primary N) is 1. The molecular weight excluding hydrogens is 172 g/mol. The van der Waals surface area contributed by atoms with E-state index < -0.39 is 12.0 Å². The van der Waals surface area contributed by atoms with Gasteiger partial charge < -0.3 is 15.6 Å². The summed E-state index contributed by atoms with van der Waals surface area (Å²) in [4.78, 5) is 12.5.